The first-order valence-corrected chi connectivity index (χ1v) is 10.0. The minimum atomic E-state index is -0.826. The molecule has 22 heavy (non-hydrogen) atoms. The van der Waals surface area contributed by atoms with Crippen molar-refractivity contribution in [3.05, 3.63) is 35.3 Å². The molecule has 4 rings (SSSR count). The van der Waals surface area contributed by atoms with E-state index in [1.807, 2.05) is 6.20 Å². The van der Waals surface area contributed by atoms with E-state index in [1.54, 1.807) is 0 Å². The maximum Gasteiger partial charge on any atom is 0.0538 e. The number of aromatic nitrogens is 1. The zero-order chi connectivity index (χ0) is 15.1. The number of rotatable bonds is 3. The van der Waals surface area contributed by atoms with Crippen molar-refractivity contribution in [2.24, 2.45) is 0 Å². The summed E-state index contributed by atoms with van der Waals surface area (Å²) in [7, 11) is 1.39. The monoisotopic (exact) mass is 332 g/mol. The molecule has 1 saturated heterocycles. The lowest BCUT2D eigenvalue weighted by Crippen LogP contribution is -2.27. The van der Waals surface area contributed by atoms with E-state index in [1.165, 1.54) is 47.6 Å². The topological polar surface area (TPSA) is 33.2 Å². The van der Waals surface area contributed by atoms with Crippen LogP contribution in [-0.4, -0.2) is 38.9 Å². The standard InChI is InChI=1S/C17H20N2OS2/c1-19-6-2-3-15(19)7-13-11-22(20)17-5-4-12(8-16(13)17)14-9-18-21-10-14/h4-5,8-10,13,15H,2-3,6-7,11H2,1H3/t13?,15-,22?/m1/s1. The highest BCUT2D eigenvalue weighted by atomic mass is 32.2. The summed E-state index contributed by atoms with van der Waals surface area (Å²) in [5.41, 5.74) is 3.68. The van der Waals surface area contributed by atoms with Gasteiger partial charge in [-0.25, -0.2) is 4.37 Å². The van der Waals surface area contributed by atoms with E-state index in [0.717, 1.165) is 17.1 Å². The highest BCUT2D eigenvalue weighted by Crippen LogP contribution is 2.39. The Labute approximate surface area is 138 Å². The zero-order valence-corrected chi connectivity index (χ0v) is 14.3. The summed E-state index contributed by atoms with van der Waals surface area (Å²) >= 11 is 1.48. The van der Waals surface area contributed by atoms with Crippen molar-refractivity contribution in [3.8, 4) is 11.1 Å². The zero-order valence-electron chi connectivity index (χ0n) is 12.7. The molecule has 0 N–H and O–H groups in total. The van der Waals surface area contributed by atoms with Crippen molar-refractivity contribution in [1.82, 2.24) is 9.27 Å². The van der Waals surface area contributed by atoms with E-state index in [9.17, 15) is 4.21 Å². The van der Waals surface area contributed by atoms with Crippen LogP contribution in [0.1, 0.15) is 30.7 Å². The van der Waals surface area contributed by atoms with Gasteiger partial charge in [0.2, 0.25) is 0 Å². The van der Waals surface area contributed by atoms with Gasteiger partial charge < -0.3 is 4.90 Å². The van der Waals surface area contributed by atoms with Gasteiger partial charge in [-0.2, -0.15) is 0 Å². The van der Waals surface area contributed by atoms with E-state index in [-0.39, 0.29) is 0 Å². The number of fused-ring (bicyclic) bond motifs is 1. The van der Waals surface area contributed by atoms with Crippen LogP contribution in [0.2, 0.25) is 0 Å². The Morgan fingerprint density at radius 1 is 1.41 bits per heavy atom. The van der Waals surface area contributed by atoms with Gasteiger partial charge in [-0.05, 0) is 73.6 Å². The summed E-state index contributed by atoms with van der Waals surface area (Å²) in [6.45, 7) is 1.20. The summed E-state index contributed by atoms with van der Waals surface area (Å²) < 4.78 is 16.6. The largest absolute Gasteiger partial charge is 0.303 e. The lowest BCUT2D eigenvalue weighted by Gasteiger charge is -2.23. The molecule has 0 radical (unpaired) electrons. The summed E-state index contributed by atoms with van der Waals surface area (Å²) in [6.07, 6.45) is 5.63. The number of benzene rings is 1. The van der Waals surface area contributed by atoms with Gasteiger partial charge in [-0.1, -0.05) is 6.07 Å². The molecule has 2 aliphatic heterocycles. The van der Waals surface area contributed by atoms with Crippen LogP contribution in [0.3, 0.4) is 0 Å². The molecule has 5 heteroatoms. The van der Waals surface area contributed by atoms with E-state index >= 15 is 0 Å². The first-order chi connectivity index (χ1) is 10.7. The summed E-state index contributed by atoms with van der Waals surface area (Å²) in [5.74, 6) is 1.23. The summed E-state index contributed by atoms with van der Waals surface area (Å²) in [4.78, 5) is 3.52. The molecule has 2 unspecified atom stereocenters. The van der Waals surface area contributed by atoms with Crippen LogP contribution in [0.4, 0.5) is 0 Å². The molecule has 0 saturated carbocycles. The molecule has 3 nitrogen and oxygen atoms in total. The smallest absolute Gasteiger partial charge is 0.0538 e. The molecular formula is C17H20N2OS2. The third-order valence-electron chi connectivity index (χ3n) is 5.04. The molecule has 1 fully saturated rings. The fourth-order valence-electron chi connectivity index (χ4n) is 3.76. The Kier molecular flexibility index (Phi) is 3.88. The summed E-state index contributed by atoms with van der Waals surface area (Å²) in [5, 5.41) is 2.08. The van der Waals surface area contributed by atoms with Gasteiger partial charge in [-0.15, -0.1) is 0 Å². The first-order valence-electron chi connectivity index (χ1n) is 7.84. The molecule has 1 aromatic heterocycles. The Morgan fingerprint density at radius 3 is 3.05 bits per heavy atom. The maximum absolute atomic E-state index is 12.4. The van der Waals surface area contributed by atoms with Crippen LogP contribution in [0.15, 0.2) is 34.7 Å². The molecule has 0 spiro atoms. The maximum atomic E-state index is 12.4. The van der Waals surface area contributed by atoms with Crippen LogP contribution in [0.5, 0.6) is 0 Å². The van der Waals surface area contributed by atoms with E-state index in [2.05, 4.69) is 39.9 Å². The van der Waals surface area contributed by atoms with Crippen molar-refractivity contribution in [2.75, 3.05) is 19.3 Å². The normalized spacial score (nSPS) is 28.1. The number of nitrogens with zero attached hydrogens (tertiary/aromatic N) is 2. The second-order valence-corrected chi connectivity index (χ2v) is 8.51. The van der Waals surface area contributed by atoms with Crippen LogP contribution < -0.4 is 0 Å². The van der Waals surface area contributed by atoms with Gasteiger partial charge in [0.25, 0.3) is 0 Å². The minimum absolute atomic E-state index is 0.438. The van der Waals surface area contributed by atoms with E-state index < -0.39 is 10.8 Å². The van der Waals surface area contributed by atoms with Crippen molar-refractivity contribution in [2.45, 2.75) is 36.1 Å². The van der Waals surface area contributed by atoms with Crippen LogP contribution in [0, 0.1) is 0 Å². The van der Waals surface area contributed by atoms with Gasteiger partial charge in [0.1, 0.15) is 0 Å². The van der Waals surface area contributed by atoms with Gasteiger partial charge in [0.05, 0.1) is 10.8 Å². The second-order valence-electron chi connectivity index (χ2n) is 6.39. The number of hydrogen-bond donors (Lipinski definition) is 0. The Balaban J connectivity index is 1.65. The minimum Gasteiger partial charge on any atom is -0.303 e. The van der Waals surface area contributed by atoms with Crippen LogP contribution in [-0.2, 0) is 10.8 Å². The molecule has 3 atom stereocenters. The third-order valence-corrected chi connectivity index (χ3v) is 7.20. The van der Waals surface area contributed by atoms with Crippen molar-refractivity contribution < 1.29 is 4.21 Å². The molecule has 3 heterocycles. The molecular weight excluding hydrogens is 312 g/mol. The summed E-state index contributed by atoms with van der Waals surface area (Å²) in [6, 6.07) is 7.06. The van der Waals surface area contributed by atoms with E-state index in [4.69, 9.17) is 0 Å². The number of likely N-dealkylation sites (tertiary alicyclic amines) is 1. The molecule has 1 aromatic carbocycles. The highest BCUT2D eigenvalue weighted by molar-refractivity contribution is 7.85. The molecule has 2 aromatic rings. The lowest BCUT2D eigenvalue weighted by molar-refractivity contribution is 0.286. The van der Waals surface area contributed by atoms with E-state index in [0.29, 0.717) is 12.0 Å². The Morgan fingerprint density at radius 2 is 2.32 bits per heavy atom. The average Bonchev–Trinajstić information content (AvgIpc) is 3.23. The van der Waals surface area contributed by atoms with Gasteiger partial charge >= 0.3 is 0 Å². The van der Waals surface area contributed by atoms with Gasteiger partial charge in [0.15, 0.2) is 0 Å². The number of hydrogen-bond acceptors (Lipinski definition) is 4. The van der Waals surface area contributed by atoms with Crippen LogP contribution in [0.25, 0.3) is 11.1 Å². The lowest BCUT2D eigenvalue weighted by atomic mass is 9.91. The average molecular weight is 332 g/mol. The van der Waals surface area contributed by atoms with Crippen molar-refractivity contribution in [3.63, 3.8) is 0 Å². The SMILES string of the molecule is CN1CCC[C@@H]1CC1CS(=O)c2ccc(-c3cnsc3)cc21. The molecule has 0 aliphatic carbocycles. The predicted octanol–water partition coefficient (Wildman–Crippen LogP) is 3.50. The van der Waals surface area contributed by atoms with Gasteiger partial charge in [-0.3, -0.25) is 4.21 Å². The highest BCUT2D eigenvalue weighted by Gasteiger charge is 2.33. The first kappa shape index (κ1) is 14.5. The van der Waals surface area contributed by atoms with Crippen molar-refractivity contribution >= 4 is 22.3 Å². The molecule has 2 aliphatic rings. The molecule has 116 valence electrons. The Hall–Kier alpha value is -1.04. The second kappa shape index (κ2) is 5.87. The quantitative estimate of drug-likeness (QED) is 0.862. The fourth-order valence-corrected chi connectivity index (χ4v) is 5.88. The van der Waals surface area contributed by atoms with Gasteiger partial charge in [0, 0.05) is 33.8 Å². The molecule has 0 bridgehead atoms. The van der Waals surface area contributed by atoms with Crippen molar-refractivity contribution in [1.29, 1.82) is 0 Å². The van der Waals surface area contributed by atoms with Crippen LogP contribution >= 0.6 is 11.5 Å². The Bertz CT molecular complexity index is 699. The third kappa shape index (κ3) is 2.55. The fraction of sp³-hybridized carbons (Fsp3) is 0.471. The predicted molar refractivity (Wildman–Crippen MR) is 91.8 cm³/mol. The molecule has 0 amide bonds.